The highest BCUT2D eigenvalue weighted by atomic mass is 35.5. The average Bonchev–Trinajstić information content (AvgIpc) is 2.30. The maximum atomic E-state index is 11.0. The van der Waals surface area contributed by atoms with Gasteiger partial charge in [0.15, 0.2) is 6.10 Å². The van der Waals surface area contributed by atoms with Crippen LogP contribution in [0.3, 0.4) is 0 Å². The molecule has 1 rings (SSSR count). The number of halogens is 1. The number of hydrogen-bond acceptors (Lipinski definition) is 4. The number of aliphatic hydroxyl groups is 1. The van der Waals surface area contributed by atoms with Crippen molar-refractivity contribution in [1.82, 2.24) is 0 Å². The molecule has 5 heteroatoms. The fourth-order valence-electron chi connectivity index (χ4n) is 1.33. The molecule has 0 aliphatic carbocycles. The summed E-state index contributed by atoms with van der Waals surface area (Å²) in [5.74, 6) is -0.737. The smallest absolute Gasteiger partial charge is 0.336 e. The summed E-state index contributed by atoms with van der Waals surface area (Å²) >= 11 is 5.93. The normalized spacial score (nSPS) is 14.2. The molecule has 0 radical (unpaired) electrons. The van der Waals surface area contributed by atoms with Crippen LogP contribution in [0, 0.1) is 0 Å². The standard InChI is InChI=1S/C11H14ClNO3/c1-16-11(15)10(14)9(13)6-7-4-2-3-5-8(7)12/h2-5,9-10,14H,6,13H2,1H3/t9-,10-/m1/s1. The number of carbonyl (C=O) groups is 1. The van der Waals surface area contributed by atoms with Crippen molar-refractivity contribution in [2.24, 2.45) is 5.73 Å². The van der Waals surface area contributed by atoms with Gasteiger partial charge in [0.2, 0.25) is 0 Å². The molecule has 0 heterocycles. The van der Waals surface area contributed by atoms with E-state index in [1.165, 1.54) is 7.11 Å². The first-order valence-electron chi connectivity index (χ1n) is 4.81. The number of rotatable bonds is 4. The first kappa shape index (κ1) is 13.0. The van der Waals surface area contributed by atoms with Crippen molar-refractivity contribution in [1.29, 1.82) is 0 Å². The van der Waals surface area contributed by atoms with Crippen LogP contribution in [0.2, 0.25) is 5.02 Å². The number of aliphatic hydroxyl groups excluding tert-OH is 1. The summed E-state index contributed by atoms with van der Waals surface area (Å²) in [6, 6.07) is 6.42. The van der Waals surface area contributed by atoms with Gasteiger partial charge in [-0.3, -0.25) is 0 Å². The van der Waals surface area contributed by atoms with E-state index in [0.29, 0.717) is 11.4 Å². The monoisotopic (exact) mass is 243 g/mol. The number of esters is 1. The predicted molar refractivity (Wildman–Crippen MR) is 61.2 cm³/mol. The highest BCUT2D eigenvalue weighted by Gasteiger charge is 2.24. The largest absolute Gasteiger partial charge is 0.467 e. The van der Waals surface area contributed by atoms with Crippen LogP contribution < -0.4 is 5.73 Å². The Hall–Kier alpha value is -1.10. The van der Waals surface area contributed by atoms with E-state index in [-0.39, 0.29) is 0 Å². The summed E-state index contributed by atoms with van der Waals surface area (Å²) in [4.78, 5) is 11.0. The number of nitrogens with two attached hydrogens (primary N) is 1. The van der Waals surface area contributed by atoms with Gasteiger partial charge in [-0.25, -0.2) is 4.79 Å². The first-order chi connectivity index (χ1) is 7.56. The van der Waals surface area contributed by atoms with Crippen molar-refractivity contribution in [3.8, 4) is 0 Å². The van der Waals surface area contributed by atoms with Crippen LogP contribution in [0.1, 0.15) is 5.56 Å². The highest BCUT2D eigenvalue weighted by molar-refractivity contribution is 6.31. The zero-order chi connectivity index (χ0) is 12.1. The Morgan fingerprint density at radius 3 is 2.75 bits per heavy atom. The molecule has 3 N–H and O–H groups in total. The molecule has 1 aromatic rings. The minimum atomic E-state index is -1.33. The minimum Gasteiger partial charge on any atom is -0.467 e. The molecule has 1 aromatic carbocycles. The number of methoxy groups -OCH3 is 1. The molecule has 0 amide bonds. The molecule has 4 nitrogen and oxygen atoms in total. The highest BCUT2D eigenvalue weighted by Crippen LogP contribution is 2.17. The van der Waals surface area contributed by atoms with Crippen LogP contribution in [0.25, 0.3) is 0 Å². The summed E-state index contributed by atoms with van der Waals surface area (Å²) in [5.41, 5.74) is 6.48. The van der Waals surface area contributed by atoms with E-state index in [1.54, 1.807) is 18.2 Å². The Balaban J connectivity index is 2.68. The first-order valence-corrected chi connectivity index (χ1v) is 5.19. The zero-order valence-electron chi connectivity index (χ0n) is 8.89. The minimum absolute atomic E-state index is 0.315. The molecule has 0 aromatic heterocycles. The van der Waals surface area contributed by atoms with Crippen LogP contribution in [0.15, 0.2) is 24.3 Å². The van der Waals surface area contributed by atoms with E-state index >= 15 is 0 Å². The molecule has 0 saturated carbocycles. The molecular formula is C11H14ClNO3. The summed E-state index contributed by atoms with van der Waals surface area (Å²) in [5, 5.41) is 10.1. The zero-order valence-corrected chi connectivity index (χ0v) is 9.65. The van der Waals surface area contributed by atoms with Gasteiger partial charge in [0.1, 0.15) is 0 Å². The van der Waals surface area contributed by atoms with Gasteiger partial charge in [0.05, 0.1) is 7.11 Å². The Kier molecular flexibility index (Phi) is 4.73. The lowest BCUT2D eigenvalue weighted by Crippen LogP contribution is -2.42. The van der Waals surface area contributed by atoms with E-state index in [4.69, 9.17) is 17.3 Å². The van der Waals surface area contributed by atoms with Gasteiger partial charge in [0.25, 0.3) is 0 Å². The van der Waals surface area contributed by atoms with Crippen LogP contribution >= 0.6 is 11.6 Å². The predicted octanol–water partition coefficient (Wildman–Crippen LogP) is 0.744. The van der Waals surface area contributed by atoms with Gasteiger partial charge in [-0.15, -0.1) is 0 Å². The third kappa shape index (κ3) is 3.20. The van der Waals surface area contributed by atoms with Crippen LogP contribution in [0.5, 0.6) is 0 Å². The van der Waals surface area contributed by atoms with E-state index in [0.717, 1.165) is 5.56 Å². The lowest BCUT2D eigenvalue weighted by atomic mass is 10.0. The average molecular weight is 244 g/mol. The molecular weight excluding hydrogens is 230 g/mol. The van der Waals surface area contributed by atoms with Crippen molar-refractivity contribution in [3.63, 3.8) is 0 Å². The molecule has 0 bridgehead atoms. The van der Waals surface area contributed by atoms with E-state index < -0.39 is 18.1 Å². The van der Waals surface area contributed by atoms with Crippen LogP contribution in [0.4, 0.5) is 0 Å². The Morgan fingerprint density at radius 2 is 2.19 bits per heavy atom. The van der Waals surface area contributed by atoms with Crippen LogP contribution in [-0.2, 0) is 16.0 Å². The van der Waals surface area contributed by atoms with E-state index in [1.807, 2.05) is 6.07 Å². The number of hydrogen-bond donors (Lipinski definition) is 2. The van der Waals surface area contributed by atoms with Crippen molar-refractivity contribution in [2.75, 3.05) is 7.11 Å². The second-order valence-electron chi connectivity index (χ2n) is 3.43. The van der Waals surface area contributed by atoms with Gasteiger partial charge in [-0.05, 0) is 18.1 Å². The van der Waals surface area contributed by atoms with Crippen molar-refractivity contribution < 1.29 is 14.6 Å². The van der Waals surface area contributed by atoms with Crippen molar-refractivity contribution >= 4 is 17.6 Å². The summed E-state index contributed by atoms with van der Waals surface area (Å²) in [6.07, 6.45) is -1.02. The van der Waals surface area contributed by atoms with Crippen LogP contribution in [-0.4, -0.2) is 30.3 Å². The summed E-state index contributed by atoms with van der Waals surface area (Å²) in [7, 11) is 1.20. The Labute approximate surface area is 99.0 Å². The molecule has 0 aliphatic rings. The second kappa shape index (κ2) is 5.84. The molecule has 2 atom stereocenters. The van der Waals surface area contributed by atoms with Gasteiger partial charge in [-0.1, -0.05) is 29.8 Å². The van der Waals surface area contributed by atoms with Gasteiger partial charge < -0.3 is 15.6 Å². The van der Waals surface area contributed by atoms with Gasteiger partial charge in [-0.2, -0.15) is 0 Å². The maximum absolute atomic E-state index is 11.0. The molecule has 0 fully saturated rings. The quantitative estimate of drug-likeness (QED) is 0.766. The lowest BCUT2D eigenvalue weighted by Gasteiger charge is -2.17. The Bertz CT molecular complexity index is 370. The van der Waals surface area contributed by atoms with E-state index in [9.17, 15) is 9.90 Å². The topological polar surface area (TPSA) is 72.5 Å². The molecule has 0 spiro atoms. The number of benzene rings is 1. The third-order valence-corrected chi connectivity index (χ3v) is 2.63. The Morgan fingerprint density at radius 1 is 1.56 bits per heavy atom. The number of carbonyl (C=O) groups excluding carboxylic acids is 1. The molecule has 0 saturated heterocycles. The molecule has 16 heavy (non-hydrogen) atoms. The third-order valence-electron chi connectivity index (χ3n) is 2.26. The lowest BCUT2D eigenvalue weighted by molar-refractivity contribution is -0.151. The van der Waals surface area contributed by atoms with Gasteiger partial charge >= 0.3 is 5.97 Å². The van der Waals surface area contributed by atoms with Crippen molar-refractivity contribution in [2.45, 2.75) is 18.6 Å². The SMILES string of the molecule is COC(=O)[C@H](O)[C@H](N)Cc1ccccc1Cl. The molecule has 0 aliphatic heterocycles. The summed E-state index contributed by atoms with van der Waals surface area (Å²) < 4.78 is 4.40. The maximum Gasteiger partial charge on any atom is 0.336 e. The second-order valence-corrected chi connectivity index (χ2v) is 3.83. The fraction of sp³-hybridized carbons (Fsp3) is 0.364. The van der Waals surface area contributed by atoms with Gasteiger partial charge in [0, 0.05) is 11.1 Å². The summed E-state index contributed by atoms with van der Waals surface area (Å²) in [6.45, 7) is 0. The molecule has 0 unspecified atom stereocenters. The molecule has 88 valence electrons. The van der Waals surface area contributed by atoms with E-state index in [2.05, 4.69) is 4.74 Å². The number of ether oxygens (including phenoxy) is 1. The van der Waals surface area contributed by atoms with Crippen molar-refractivity contribution in [3.05, 3.63) is 34.9 Å². The fourth-order valence-corrected chi connectivity index (χ4v) is 1.54.